The highest BCUT2D eigenvalue weighted by molar-refractivity contribution is 6.46. The van der Waals surface area contributed by atoms with Gasteiger partial charge >= 0.3 is 0 Å². The van der Waals surface area contributed by atoms with Crippen LogP contribution in [-0.2, 0) is 16.0 Å². The monoisotopic (exact) mass is 441 g/mol. The summed E-state index contributed by atoms with van der Waals surface area (Å²) in [5.74, 6) is -1.67. The molecule has 1 aliphatic rings. The topological polar surface area (TPSA) is 70.8 Å². The van der Waals surface area contributed by atoms with Gasteiger partial charge in [0.05, 0.1) is 11.8 Å². The molecular weight excluding hydrogens is 421 g/mol. The van der Waals surface area contributed by atoms with Crippen molar-refractivity contribution in [1.29, 1.82) is 0 Å². The van der Waals surface area contributed by atoms with E-state index in [9.17, 15) is 19.1 Å². The van der Waals surface area contributed by atoms with Gasteiger partial charge in [0.2, 0.25) is 0 Å². The third kappa shape index (κ3) is 3.69. The molecule has 6 heteroatoms. The van der Waals surface area contributed by atoms with Crippen molar-refractivity contribution in [2.45, 2.75) is 12.5 Å². The lowest BCUT2D eigenvalue weighted by molar-refractivity contribution is -0.140. The van der Waals surface area contributed by atoms with Gasteiger partial charge in [0.1, 0.15) is 23.4 Å². The number of carbonyl (C=O) groups excluding carboxylic acids is 2. The summed E-state index contributed by atoms with van der Waals surface area (Å²) in [4.78, 5) is 27.6. The van der Waals surface area contributed by atoms with Crippen molar-refractivity contribution in [3.8, 4) is 0 Å². The number of carbonyl (C=O) groups is 2. The minimum Gasteiger partial charge on any atom is -0.507 e. The standard InChI is InChI=1S/C27H20FNO4/c28-19-12-10-17(11-13-19)14-15-29-24(22-9-4-16-33-22)23(26(31)27(29)32)25(30)21-8-3-6-18-5-1-2-7-20(18)21/h1-13,16,24,30H,14-15H2/b25-23-. The van der Waals surface area contributed by atoms with Crippen molar-refractivity contribution in [2.24, 2.45) is 0 Å². The van der Waals surface area contributed by atoms with Gasteiger partial charge in [-0.2, -0.15) is 0 Å². The van der Waals surface area contributed by atoms with Gasteiger partial charge in [-0.15, -0.1) is 0 Å². The summed E-state index contributed by atoms with van der Waals surface area (Å²) in [6, 6.07) is 21.4. The maximum absolute atomic E-state index is 13.2. The Morgan fingerprint density at radius 3 is 2.45 bits per heavy atom. The number of ketones is 1. The molecule has 3 aromatic carbocycles. The van der Waals surface area contributed by atoms with Crippen LogP contribution in [0.1, 0.15) is 22.9 Å². The number of benzene rings is 3. The molecule has 1 aliphatic heterocycles. The average molecular weight is 441 g/mol. The Balaban J connectivity index is 1.59. The molecule has 0 bridgehead atoms. The molecule has 1 saturated heterocycles. The molecule has 1 aromatic heterocycles. The molecule has 164 valence electrons. The van der Waals surface area contributed by atoms with Gasteiger partial charge in [-0.3, -0.25) is 9.59 Å². The van der Waals surface area contributed by atoms with Gasteiger partial charge in [-0.1, -0.05) is 54.6 Å². The van der Waals surface area contributed by atoms with Crippen molar-refractivity contribution in [2.75, 3.05) is 6.54 Å². The third-order valence-electron chi connectivity index (χ3n) is 5.95. The molecule has 1 unspecified atom stereocenters. The average Bonchev–Trinajstić information content (AvgIpc) is 3.45. The van der Waals surface area contributed by atoms with Crippen molar-refractivity contribution >= 4 is 28.2 Å². The fraction of sp³-hybridized carbons (Fsp3) is 0.111. The van der Waals surface area contributed by atoms with E-state index in [1.54, 1.807) is 36.4 Å². The third-order valence-corrected chi connectivity index (χ3v) is 5.95. The van der Waals surface area contributed by atoms with Gasteiger partial charge in [-0.25, -0.2) is 4.39 Å². The number of halogens is 1. The van der Waals surface area contributed by atoms with E-state index in [0.29, 0.717) is 17.7 Å². The molecule has 2 heterocycles. The summed E-state index contributed by atoms with van der Waals surface area (Å²) in [6.07, 6.45) is 1.88. The van der Waals surface area contributed by atoms with Crippen LogP contribution in [0.3, 0.4) is 0 Å². The minimum absolute atomic E-state index is 0.00888. The number of rotatable bonds is 5. The molecule has 1 fully saturated rings. The molecule has 0 saturated carbocycles. The van der Waals surface area contributed by atoms with Crippen molar-refractivity contribution in [1.82, 2.24) is 4.90 Å². The van der Waals surface area contributed by atoms with Gasteiger partial charge in [0.15, 0.2) is 0 Å². The number of Topliss-reactive ketones (excluding diaryl/α,β-unsaturated/α-hetero) is 1. The number of fused-ring (bicyclic) bond motifs is 1. The van der Waals surface area contributed by atoms with Crippen LogP contribution in [0.25, 0.3) is 16.5 Å². The van der Waals surface area contributed by atoms with E-state index in [1.165, 1.54) is 23.3 Å². The number of furan rings is 1. The predicted octanol–water partition coefficient (Wildman–Crippen LogP) is 5.24. The smallest absolute Gasteiger partial charge is 0.295 e. The second-order valence-electron chi connectivity index (χ2n) is 7.91. The van der Waals surface area contributed by atoms with E-state index in [4.69, 9.17) is 4.42 Å². The van der Waals surface area contributed by atoms with Gasteiger partial charge in [0, 0.05) is 12.1 Å². The molecule has 1 atom stereocenters. The Morgan fingerprint density at radius 1 is 0.939 bits per heavy atom. The fourth-order valence-electron chi connectivity index (χ4n) is 4.33. The lowest BCUT2D eigenvalue weighted by Gasteiger charge is -2.23. The first kappa shape index (κ1) is 20.7. The normalized spacial score (nSPS) is 17.7. The zero-order valence-corrected chi connectivity index (χ0v) is 17.6. The molecule has 5 rings (SSSR count). The summed E-state index contributed by atoms with van der Waals surface area (Å²) in [5.41, 5.74) is 1.29. The molecule has 33 heavy (non-hydrogen) atoms. The van der Waals surface area contributed by atoms with Crippen LogP contribution in [0, 0.1) is 5.82 Å². The first-order valence-corrected chi connectivity index (χ1v) is 10.6. The number of hydrogen-bond acceptors (Lipinski definition) is 4. The minimum atomic E-state index is -0.862. The molecule has 4 aromatic rings. The number of aliphatic hydroxyl groups excluding tert-OH is 1. The van der Waals surface area contributed by atoms with E-state index in [2.05, 4.69) is 0 Å². The number of hydrogen-bond donors (Lipinski definition) is 1. The summed E-state index contributed by atoms with van der Waals surface area (Å²) >= 11 is 0. The van der Waals surface area contributed by atoms with E-state index in [-0.39, 0.29) is 23.7 Å². The SMILES string of the molecule is O=C1C(=O)N(CCc2ccc(F)cc2)C(c2ccco2)/C1=C(/O)c1cccc2ccccc12. The van der Waals surface area contributed by atoms with Gasteiger partial charge in [-0.05, 0) is 47.0 Å². The lowest BCUT2D eigenvalue weighted by Crippen LogP contribution is -2.31. The molecule has 0 radical (unpaired) electrons. The van der Waals surface area contributed by atoms with Crippen LogP contribution >= 0.6 is 0 Å². The predicted molar refractivity (Wildman–Crippen MR) is 122 cm³/mol. The summed E-state index contributed by atoms with van der Waals surface area (Å²) in [5, 5.41) is 13.0. The highest BCUT2D eigenvalue weighted by atomic mass is 19.1. The van der Waals surface area contributed by atoms with Crippen LogP contribution < -0.4 is 0 Å². The van der Waals surface area contributed by atoms with Crippen LogP contribution in [0.2, 0.25) is 0 Å². The second-order valence-corrected chi connectivity index (χ2v) is 7.91. The maximum Gasteiger partial charge on any atom is 0.295 e. The van der Waals surface area contributed by atoms with Gasteiger partial charge in [0.25, 0.3) is 11.7 Å². The first-order chi connectivity index (χ1) is 16.0. The second kappa shape index (κ2) is 8.39. The van der Waals surface area contributed by atoms with E-state index in [1.807, 2.05) is 30.3 Å². The molecular formula is C27H20FNO4. The highest BCUT2D eigenvalue weighted by Gasteiger charge is 2.47. The Labute approximate surface area is 189 Å². The van der Waals surface area contributed by atoms with Crippen molar-refractivity contribution < 1.29 is 23.5 Å². The molecule has 0 spiro atoms. The van der Waals surface area contributed by atoms with Crippen molar-refractivity contribution in [3.63, 3.8) is 0 Å². The molecule has 0 aliphatic carbocycles. The maximum atomic E-state index is 13.2. The molecule has 5 nitrogen and oxygen atoms in total. The highest BCUT2D eigenvalue weighted by Crippen LogP contribution is 2.40. The van der Waals surface area contributed by atoms with Gasteiger partial charge < -0.3 is 14.4 Å². The van der Waals surface area contributed by atoms with E-state index < -0.39 is 17.7 Å². The van der Waals surface area contributed by atoms with E-state index >= 15 is 0 Å². The zero-order valence-electron chi connectivity index (χ0n) is 17.6. The molecule has 1 N–H and O–H groups in total. The first-order valence-electron chi connectivity index (χ1n) is 10.6. The Bertz CT molecular complexity index is 1370. The fourth-order valence-corrected chi connectivity index (χ4v) is 4.33. The lowest BCUT2D eigenvalue weighted by atomic mass is 9.96. The largest absolute Gasteiger partial charge is 0.507 e. The summed E-state index contributed by atoms with van der Waals surface area (Å²) in [6.45, 7) is 0.202. The summed E-state index contributed by atoms with van der Waals surface area (Å²) in [7, 11) is 0. The Morgan fingerprint density at radius 2 is 1.70 bits per heavy atom. The van der Waals surface area contributed by atoms with Crippen LogP contribution in [0.15, 0.2) is 95.1 Å². The number of likely N-dealkylation sites (tertiary alicyclic amines) is 1. The number of aliphatic hydroxyl groups is 1. The van der Waals surface area contributed by atoms with Crippen molar-refractivity contribution in [3.05, 3.63) is 113 Å². The number of amides is 1. The Hall–Kier alpha value is -4.19. The quantitative estimate of drug-likeness (QED) is 0.261. The van der Waals surface area contributed by atoms with Crippen LogP contribution in [0.5, 0.6) is 0 Å². The van der Waals surface area contributed by atoms with Crippen LogP contribution in [-0.4, -0.2) is 28.2 Å². The molecule has 1 amide bonds. The zero-order chi connectivity index (χ0) is 22.9. The number of nitrogens with zero attached hydrogens (tertiary/aromatic N) is 1. The Kier molecular flexibility index (Phi) is 5.26. The van der Waals surface area contributed by atoms with E-state index in [0.717, 1.165) is 16.3 Å². The van der Waals surface area contributed by atoms with Crippen LogP contribution in [0.4, 0.5) is 4.39 Å². The summed E-state index contributed by atoms with van der Waals surface area (Å²) < 4.78 is 18.8.